The number of aromatic amines is 2. The minimum absolute atomic E-state index is 0.0725. The number of hydrogen-bond acceptors (Lipinski definition) is 18. The van der Waals surface area contributed by atoms with Crippen molar-refractivity contribution in [1.29, 1.82) is 0 Å². The summed E-state index contributed by atoms with van der Waals surface area (Å²) in [6, 6.07) is 6.05. The lowest BCUT2D eigenvalue weighted by Gasteiger charge is -2.20. The molecule has 1 fully saturated rings. The van der Waals surface area contributed by atoms with E-state index in [-0.39, 0.29) is 99.3 Å². The van der Waals surface area contributed by atoms with Crippen LogP contribution in [0.3, 0.4) is 0 Å². The van der Waals surface area contributed by atoms with Crippen molar-refractivity contribution in [2.75, 3.05) is 54.8 Å². The molecule has 0 aromatic carbocycles. The predicted octanol–water partition coefficient (Wildman–Crippen LogP) is 12.7. The van der Waals surface area contributed by atoms with Gasteiger partial charge in [-0.2, -0.15) is 0 Å². The fourth-order valence-corrected chi connectivity index (χ4v) is 14.0. The maximum Gasteiger partial charge on any atom is 0.310 e. The lowest BCUT2D eigenvalue weighted by molar-refractivity contribution is -0.141. The Balaban J connectivity index is 0.000000231. The minimum Gasteiger partial charge on any atom is -0.512 e. The summed E-state index contributed by atoms with van der Waals surface area (Å²) in [7, 11) is 5.40. The lowest BCUT2D eigenvalue weighted by atomic mass is 9.84. The summed E-state index contributed by atoms with van der Waals surface area (Å²) in [4.78, 5) is 97.7. The van der Waals surface area contributed by atoms with Crippen molar-refractivity contribution in [3.63, 3.8) is 0 Å². The highest BCUT2D eigenvalue weighted by Gasteiger charge is 2.40. The number of rotatable bonds is 20. The van der Waals surface area contributed by atoms with Crippen molar-refractivity contribution in [2.45, 2.75) is 139 Å². The average Bonchev–Trinajstić information content (AvgIpc) is 1.61. The largest absolute Gasteiger partial charge is 0.512 e. The zero-order chi connectivity index (χ0) is 71.1. The van der Waals surface area contributed by atoms with Gasteiger partial charge in [0.1, 0.15) is 0 Å². The van der Waals surface area contributed by atoms with Gasteiger partial charge in [0.25, 0.3) is 5.91 Å². The first-order valence-electron chi connectivity index (χ1n) is 33.3. The molecule has 0 aliphatic carbocycles. The van der Waals surface area contributed by atoms with E-state index in [0.29, 0.717) is 69.2 Å². The summed E-state index contributed by atoms with van der Waals surface area (Å²) < 4.78 is 25.7. The Hall–Kier alpha value is -9.86. The van der Waals surface area contributed by atoms with Crippen molar-refractivity contribution in [2.24, 2.45) is 26.8 Å². The van der Waals surface area contributed by atoms with Gasteiger partial charge in [-0.15, -0.1) is 0 Å². The molecule has 516 valence electrons. The molecule has 6 N–H and O–H groups in total. The Morgan fingerprint density at radius 2 is 1.30 bits per heavy atom. The standard InChI is InChI=1S/C40H49N5O7.C37H42N4O5/c1-9-25-21(3)29-18-31-23(5)27(11-12-35(47)50-7)38(44-31)28(17-36(48)51-8)39-37(40(49)41-13-15-52-16-14-46)24(6)32(45-39)20-34-26(10-2)22(4)30(43-34)19-33(25)42-29;1-10-23-18(3)27-15-29-20(5)25(12-13-33(43)45-8)36(40-29)26(14-34(44)46-9)37-35(22(7)42)21(6)30(41-37)17-32-24(11-2)19(4)28(39-32)16-31(23)38-27/h9,18-20,23,27,42-43,46H,1,10-17H2,2-8H3,(H,41,49);10,15-17,20,25,40,42H,1,11-14H2,2-9H3. The summed E-state index contributed by atoms with van der Waals surface area (Å²) in [5, 5.41) is 26.7. The van der Waals surface area contributed by atoms with E-state index in [2.05, 4.69) is 74.4 Å². The Bertz CT molecular complexity index is 4440. The molecule has 4 unspecified atom stereocenters. The molecule has 0 spiro atoms. The number of H-pyrrole nitrogens is 2. The number of methoxy groups -OCH3 is 4. The van der Waals surface area contributed by atoms with E-state index in [1.807, 2.05) is 77.1 Å². The molecule has 0 saturated carbocycles. The van der Waals surface area contributed by atoms with Crippen LogP contribution in [0.25, 0.3) is 39.3 Å². The van der Waals surface area contributed by atoms with Crippen LogP contribution >= 0.6 is 0 Å². The molecule has 21 heteroatoms. The van der Waals surface area contributed by atoms with Crippen LogP contribution in [-0.4, -0.2) is 132 Å². The van der Waals surface area contributed by atoms with Crippen LogP contribution < -0.4 is 10.6 Å². The number of allylic oxidation sites excluding steroid dienone is 13. The number of nitrogens with one attached hydrogen (secondary N) is 4. The van der Waals surface area contributed by atoms with Crippen LogP contribution in [0.2, 0.25) is 0 Å². The molecular formula is C77H91N9O12. The number of hydrogen-bond donors (Lipinski definition) is 6. The minimum atomic E-state index is -0.521. The number of carbonyl (C=O) groups excluding carboxylic acids is 5. The van der Waals surface area contributed by atoms with Crippen molar-refractivity contribution < 1.29 is 57.9 Å². The second-order valence-electron chi connectivity index (χ2n) is 25.2. The summed E-state index contributed by atoms with van der Waals surface area (Å²) in [6.45, 7) is 30.5. The van der Waals surface area contributed by atoms with Crippen LogP contribution in [0.15, 0.2) is 144 Å². The fraction of sp³-hybridized carbons (Fsp3) is 0.403. The molecule has 1 amide bonds. The highest BCUT2D eigenvalue weighted by molar-refractivity contribution is 6.28. The Morgan fingerprint density at radius 1 is 0.653 bits per heavy atom. The maximum absolute atomic E-state index is 14.1. The van der Waals surface area contributed by atoms with Crippen LogP contribution in [0.4, 0.5) is 0 Å². The zero-order valence-electron chi connectivity index (χ0n) is 59.0. The Labute approximate surface area is 572 Å². The van der Waals surface area contributed by atoms with E-state index in [1.54, 1.807) is 6.92 Å². The van der Waals surface area contributed by atoms with Gasteiger partial charge in [-0.1, -0.05) is 53.0 Å². The lowest BCUT2D eigenvalue weighted by Crippen LogP contribution is -2.29. The number of nitrogens with zero attached hydrogens (tertiary/aromatic N) is 5. The van der Waals surface area contributed by atoms with Gasteiger partial charge in [-0.25, -0.2) is 20.0 Å². The highest BCUT2D eigenvalue weighted by Crippen LogP contribution is 2.46. The summed E-state index contributed by atoms with van der Waals surface area (Å²) in [5.41, 5.74) is 23.3. The van der Waals surface area contributed by atoms with Crippen LogP contribution in [0, 0.1) is 25.7 Å². The molecule has 3 aromatic rings. The number of ether oxygens (including phenoxy) is 5. The molecule has 3 aromatic heterocycles. The van der Waals surface area contributed by atoms with E-state index in [1.165, 1.54) is 28.4 Å². The van der Waals surface area contributed by atoms with E-state index in [9.17, 15) is 29.1 Å². The molecule has 10 heterocycles. The number of aryl methyl sites for hydroxylation is 3. The van der Waals surface area contributed by atoms with Gasteiger partial charge in [0, 0.05) is 110 Å². The van der Waals surface area contributed by atoms with Gasteiger partial charge in [-0.05, 0) is 155 Å². The Kier molecular flexibility index (Phi) is 23.0. The second-order valence-corrected chi connectivity index (χ2v) is 25.2. The predicted molar refractivity (Wildman–Crippen MR) is 383 cm³/mol. The number of amides is 1. The van der Waals surface area contributed by atoms with Crippen molar-refractivity contribution in [3.8, 4) is 0 Å². The fourth-order valence-electron chi connectivity index (χ4n) is 14.0. The number of carbonyl (C=O) groups is 5. The van der Waals surface area contributed by atoms with Crippen molar-refractivity contribution in [1.82, 2.24) is 30.6 Å². The first-order valence-corrected chi connectivity index (χ1v) is 33.3. The molecular weight excluding hydrogens is 1240 g/mol. The highest BCUT2D eigenvalue weighted by atomic mass is 16.5. The Morgan fingerprint density at radius 3 is 1.93 bits per heavy atom. The summed E-state index contributed by atoms with van der Waals surface area (Å²) in [5.74, 6) is -2.69. The number of aliphatic hydroxyl groups is 2. The first kappa shape index (κ1) is 72.4. The monoisotopic (exact) mass is 1330 g/mol. The van der Waals surface area contributed by atoms with Gasteiger partial charge in [0.15, 0.2) is 0 Å². The van der Waals surface area contributed by atoms with E-state index >= 15 is 0 Å². The normalized spacial score (nSPS) is 19.2. The first-order chi connectivity index (χ1) is 46.9. The van der Waals surface area contributed by atoms with E-state index < -0.39 is 11.9 Å². The van der Waals surface area contributed by atoms with Crippen LogP contribution in [-0.2, 0) is 60.5 Å². The van der Waals surface area contributed by atoms with Crippen molar-refractivity contribution in [3.05, 3.63) is 180 Å². The summed E-state index contributed by atoms with van der Waals surface area (Å²) in [6.07, 6.45) is 12.1. The SMILES string of the molecule is C=CC1=C(C)C2=NC1=CC1=NC(=CC3=C(C)C(=C(C)O)C(=N3)C(CC(=O)OC)=C3NC(=C2)C(C)C3CCC(=O)OC)C(CC)=C1C.C=Cc1c(C)c2cc3nc(c(CC(=O)OC)c4nc(cc5[nH]c(cc1[nH]2)c(C)c5CC)C(C)=C4C(=O)NCCOCCO)C(CCC(=O)OC)C3C. The van der Waals surface area contributed by atoms with Gasteiger partial charge >= 0.3 is 23.9 Å². The van der Waals surface area contributed by atoms with Crippen LogP contribution in [0.1, 0.15) is 163 Å². The molecule has 98 heavy (non-hydrogen) atoms. The van der Waals surface area contributed by atoms with Gasteiger partial charge in [0.2, 0.25) is 0 Å². The topological polar surface area (TPSA) is 290 Å². The number of aliphatic hydroxyl groups excluding tert-OH is 2. The zero-order valence-corrected chi connectivity index (χ0v) is 59.0. The quantitative estimate of drug-likeness (QED) is 0.0265. The van der Waals surface area contributed by atoms with Crippen molar-refractivity contribution >= 4 is 86.2 Å². The third-order valence-electron chi connectivity index (χ3n) is 19.6. The smallest absolute Gasteiger partial charge is 0.310 e. The third kappa shape index (κ3) is 14.6. The molecule has 16 bridgehead atoms. The number of aromatic nitrogens is 4. The van der Waals surface area contributed by atoms with Gasteiger partial charge < -0.3 is 54.5 Å². The van der Waals surface area contributed by atoms with Gasteiger partial charge in [-0.3, -0.25) is 29.0 Å². The molecule has 4 atom stereocenters. The molecule has 0 radical (unpaired) electrons. The molecule has 7 aliphatic heterocycles. The summed E-state index contributed by atoms with van der Waals surface area (Å²) >= 11 is 0. The maximum atomic E-state index is 14.1. The van der Waals surface area contributed by atoms with E-state index in [0.717, 1.165) is 125 Å². The molecule has 7 aliphatic rings. The van der Waals surface area contributed by atoms with E-state index in [4.69, 9.17) is 53.7 Å². The van der Waals surface area contributed by atoms with Crippen LogP contribution in [0.5, 0.6) is 0 Å². The number of fused-ring (bicyclic) bond motifs is 13. The molecule has 10 rings (SSSR count). The molecule has 21 nitrogen and oxygen atoms in total. The molecule has 1 saturated heterocycles. The second kappa shape index (κ2) is 31.1. The average molecular weight is 1330 g/mol. The number of esters is 4. The number of aliphatic imine (C=N–C) groups is 3. The third-order valence-corrected chi connectivity index (χ3v) is 19.6. The van der Waals surface area contributed by atoms with Gasteiger partial charge in [0.05, 0.1) is 124 Å².